The molecule has 1 aromatic heterocycles. The maximum absolute atomic E-state index is 6.80. The molecule has 0 atom stereocenters. The van der Waals surface area contributed by atoms with Crippen LogP contribution in [0, 0.1) is 20.8 Å². The number of fused-ring (bicyclic) bond motifs is 8. The third-order valence-electron chi connectivity index (χ3n) is 14.3. The molecule has 2 aliphatic heterocycles. The Kier molecular flexibility index (Phi) is 8.00. The zero-order valence-electron chi connectivity index (χ0n) is 37.5. The van der Waals surface area contributed by atoms with E-state index in [0.29, 0.717) is 0 Å². The highest BCUT2D eigenvalue weighted by molar-refractivity contribution is 7.00. The molecule has 0 bridgehead atoms. The Labute approximate surface area is 352 Å². The second-order valence-corrected chi connectivity index (χ2v) is 21.6. The molecule has 0 unspecified atom stereocenters. The minimum atomic E-state index is 0.0163. The fourth-order valence-corrected chi connectivity index (χ4v) is 10.6. The van der Waals surface area contributed by atoms with Gasteiger partial charge in [-0.3, -0.25) is 0 Å². The second kappa shape index (κ2) is 12.4. The van der Waals surface area contributed by atoms with Crippen molar-refractivity contribution in [3.05, 3.63) is 136 Å². The summed E-state index contributed by atoms with van der Waals surface area (Å²) in [6, 6.07) is 37.9. The van der Waals surface area contributed by atoms with Gasteiger partial charge in [-0.05, 0) is 153 Å². The Bertz CT molecular complexity index is 2910. The number of hydrogen-bond acceptors (Lipinski definition) is 3. The van der Waals surface area contributed by atoms with Crippen LogP contribution in [-0.4, -0.2) is 6.71 Å². The van der Waals surface area contributed by atoms with Crippen LogP contribution in [-0.2, 0) is 21.7 Å². The molecule has 4 heteroatoms. The van der Waals surface area contributed by atoms with E-state index in [2.05, 4.69) is 197 Å². The van der Waals surface area contributed by atoms with E-state index < -0.39 is 0 Å². The van der Waals surface area contributed by atoms with E-state index in [1.54, 1.807) is 0 Å². The summed E-state index contributed by atoms with van der Waals surface area (Å²) in [5, 5.41) is 2.37. The third kappa shape index (κ3) is 5.68. The molecular formula is C55H59BN2O. The average molecular weight is 775 g/mol. The van der Waals surface area contributed by atoms with Crippen LogP contribution in [0.2, 0.25) is 0 Å². The van der Waals surface area contributed by atoms with Gasteiger partial charge < -0.3 is 14.2 Å². The molecule has 0 N–H and O–H groups in total. The first-order valence-corrected chi connectivity index (χ1v) is 21.8. The van der Waals surface area contributed by atoms with Crippen LogP contribution in [0.15, 0.2) is 101 Å². The normalized spacial score (nSPS) is 16.6. The number of anilines is 6. The number of para-hydroxylation sites is 1. The van der Waals surface area contributed by atoms with Gasteiger partial charge in [0.15, 0.2) is 0 Å². The zero-order chi connectivity index (χ0) is 41.7. The van der Waals surface area contributed by atoms with Gasteiger partial charge >= 0.3 is 0 Å². The highest BCUT2D eigenvalue weighted by atomic mass is 16.3. The lowest BCUT2D eigenvalue weighted by Gasteiger charge is -2.47. The molecule has 0 radical (unpaired) electrons. The summed E-state index contributed by atoms with van der Waals surface area (Å²) in [4.78, 5) is 5.18. The fourth-order valence-electron chi connectivity index (χ4n) is 10.6. The van der Waals surface area contributed by atoms with Gasteiger partial charge in [-0.15, -0.1) is 0 Å². The fraction of sp³-hybridized carbons (Fsp3) is 0.345. The molecular weight excluding hydrogens is 715 g/mol. The molecule has 3 heterocycles. The number of hydrogen-bond donors (Lipinski definition) is 0. The summed E-state index contributed by atoms with van der Waals surface area (Å²) in [6.45, 7) is 30.5. The van der Waals surface area contributed by atoms with E-state index in [1.807, 2.05) is 0 Å². The van der Waals surface area contributed by atoms with Crippen LogP contribution in [0.25, 0.3) is 21.9 Å². The minimum Gasteiger partial charge on any atom is -0.456 e. The molecule has 3 aliphatic rings. The van der Waals surface area contributed by atoms with E-state index in [1.165, 1.54) is 113 Å². The van der Waals surface area contributed by atoms with E-state index in [4.69, 9.17) is 4.42 Å². The number of nitrogens with zero attached hydrogens (tertiary/aromatic N) is 2. The zero-order valence-corrected chi connectivity index (χ0v) is 37.5. The van der Waals surface area contributed by atoms with Crippen LogP contribution in [0.4, 0.5) is 34.1 Å². The van der Waals surface area contributed by atoms with Gasteiger partial charge in [0, 0.05) is 51.0 Å². The van der Waals surface area contributed by atoms with Crippen LogP contribution in [0.3, 0.4) is 0 Å². The first kappa shape index (κ1) is 38.0. The van der Waals surface area contributed by atoms with E-state index in [9.17, 15) is 0 Å². The van der Waals surface area contributed by atoms with Crippen molar-refractivity contribution in [1.29, 1.82) is 0 Å². The minimum absolute atomic E-state index is 0.0163. The van der Waals surface area contributed by atoms with Gasteiger partial charge in [0.25, 0.3) is 6.71 Å². The molecule has 0 fully saturated rings. The summed E-state index contributed by atoms with van der Waals surface area (Å²) in [6.07, 6.45) is 2.34. The topological polar surface area (TPSA) is 19.6 Å². The first-order chi connectivity index (χ1) is 27.7. The van der Waals surface area contributed by atoms with Crippen LogP contribution in [0.5, 0.6) is 0 Å². The highest BCUT2D eigenvalue weighted by Gasteiger charge is 2.47. The van der Waals surface area contributed by atoms with Crippen molar-refractivity contribution in [2.75, 3.05) is 9.80 Å². The van der Waals surface area contributed by atoms with Gasteiger partial charge in [-0.1, -0.05) is 118 Å². The number of benzene rings is 6. The molecule has 6 aromatic carbocycles. The van der Waals surface area contributed by atoms with Crippen LogP contribution in [0.1, 0.15) is 121 Å². The monoisotopic (exact) mass is 774 g/mol. The summed E-state index contributed by atoms with van der Waals surface area (Å²) in [7, 11) is 0. The molecule has 0 spiro atoms. The molecule has 7 aromatic rings. The first-order valence-electron chi connectivity index (χ1n) is 21.8. The van der Waals surface area contributed by atoms with Crippen LogP contribution < -0.4 is 26.2 Å². The Morgan fingerprint density at radius 3 is 1.68 bits per heavy atom. The Morgan fingerprint density at radius 2 is 1.05 bits per heavy atom. The average Bonchev–Trinajstić information content (AvgIpc) is 3.52. The summed E-state index contributed by atoms with van der Waals surface area (Å²) in [5.74, 6) is 0. The van der Waals surface area contributed by atoms with Crippen molar-refractivity contribution < 1.29 is 4.42 Å². The van der Waals surface area contributed by atoms with Crippen molar-refractivity contribution in [3.63, 3.8) is 0 Å². The van der Waals surface area contributed by atoms with Crippen molar-refractivity contribution in [3.8, 4) is 0 Å². The largest absolute Gasteiger partial charge is 0.456 e. The van der Waals surface area contributed by atoms with Crippen molar-refractivity contribution in [2.45, 2.75) is 125 Å². The van der Waals surface area contributed by atoms with Gasteiger partial charge in [0.2, 0.25) is 0 Å². The third-order valence-corrected chi connectivity index (χ3v) is 14.3. The van der Waals surface area contributed by atoms with Crippen LogP contribution >= 0.6 is 0 Å². The van der Waals surface area contributed by atoms with E-state index in [-0.39, 0.29) is 28.4 Å². The molecule has 10 rings (SSSR count). The summed E-state index contributed by atoms with van der Waals surface area (Å²) in [5.41, 5.74) is 23.1. The quantitative estimate of drug-likeness (QED) is 0.163. The number of rotatable bonds is 2. The second-order valence-electron chi connectivity index (χ2n) is 21.6. The van der Waals surface area contributed by atoms with E-state index in [0.717, 1.165) is 11.2 Å². The SMILES string of the molecule is Cc1cc2c3c(c1)N(c1ccccc1C)c1cc4oc5ccc(C(C)(C)C)cc5c4cc1B3c1cc3c(cc1N2c1ccc(C(C)(C)C)cc1C)C(C)(C)CCC3(C)C. The lowest BCUT2D eigenvalue weighted by Crippen LogP contribution is -2.62. The van der Waals surface area contributed by atoms with Gasteiger partial charge in [0.05, 0.1) is 0 Å². The lowest BCUT2D eigenvalue weighted by molar-refractivity contribution is 0.332. The number of aryl methyl sites for hydroxylation is 3. The van der Waals surface area contributed by atoms with Crippen molar-refractivity contribution >= 4 is 79.2 Å². The molecule has 298 valence electrons. The molecule has 3 nitrogen and oxygen atoms in total. The molecule has 59 heavy (non-hydrogen) atoms. The molecule has 0 amide bonds. The van der Waals surface area contributed by atoms with Crippen molar-refractivity contribution in [2.24, 2.45) is 0 Å². The standard InChI is InChI=1S/C55H59BN2O/c1-32-24-47-51-48(25-32)58(44-20-18-35(26-34(44)3)52(4,5)6)45-30-40-39(54(10,11)22-23-55(40,12)13)29-42(45)56(51)41-28-38-37-27-36(53(7,8)9)19-21-49(37)59-50(38)31-46(41)57(47)43-17-15-14-16-33(43)2/h14-21,24-31H,22-23H2,1-13H3. The number of furan rings is 1. The molecule has 0 saturated carbocycles. The van der Waals surface area contributed by atoms with E-state index >= 15 is 0 Å². The molecule has 1 aliphatic carbocycles. The van der Waals surface area contributed by atoms with Crippen molar-refractivity contribution in [1.82, 2.24) is 0 Å². The van der Waals surface area contributed by atoms with Gasteiger partial charge in [0.1, 0.15) is 11.2 Å². The maximum atomic E-state index is 6.80. The summed E-state index contributed by atoms with van der Waals surface area (Å²) >= 11 is 0. The highest BCUT2D eigenvalue weighted by Crippen LogP contribution is 2.51. The molecule has 0 saturated heterocycles. The maximum Gasteiger partial charge on any atom is 0.252 e. The predicted octanol–water partition coefficient (Wildman–Crippen LogP) is 13.5. The van der Waals surface area contributed by atoms with Gasteiger partial charge in [-0.25, -0.2) is 0 Å². The van der Waals surface area contributed by atoms with Gasteiger partial charge in [-0.2, -0.15) is 0 Å². The Morgan fingerprint density at radius 1 is 0.508 bits per heavy atom. The Balaban J connectivity index is 1.36. The predicted molar refractivity (Wildman–Crippen MR) is 255 cm³/mol. The summed E-state index contributed by atoms with van der Waals surface area (Å²) < 4.78 is 6.80. The lowest BCUT2D eigenvalue weighted by atomic mass is 9.33. The Hall–Kier alpha value is -5.22. The smallest absolute Gasteiger partial charge is 0.252 e.